The second kappa shape index (κ2) is 7.26. The maximum atomic E-state index is 11.2. The van der Waals surface area contributed by atoms with Gasteiger partial charge in [0.05, 0.1) is 11.5 Å². The van der Waals surface area contributed by atoms with E-state index < -0.39 is 9.05 Å². The molecule has 0 heterocycles. The Morgan fingerprint density at radius 2 is 2.11 bits per heavy atom. The number of aryl methyl sites for hydroxylation is 1. The fourth-order valence-electron chi connectivity index (χ4n) is 1.42. The molecule has 0 spiro atoms. The van der Waals surface area contributed by atoms with Crippen LogP contribution in [0.3, 0.4) is 0 Å². The molecular formula is C12H17ClO3S2. The van der Waals surface area contributed by atoms with Crippen LogP contribution in [-0.2, 0) is 9.05 Å². The van der Waals surface area contributed by atoms with Gasteiger partial charge in [0.2, 0.25) is 0 Å². The molecule has 0 amide bonds. The quantitative estimate of drug-likeness (QED) is 0.571. The summed E-state index contributed by atoms with van der Waals surface area (Å²) in [5.74, 6) is 2.89. The van der Waals surface area contributed by atoms with Crippen LogP contribution in [0.25, 0.3) is 0 Å². The van der Waals surface area contributed by atoms with E-state index in [2.05, 4.69) is 6.92 Å². The van der Waals surface area contributed by atoms with Gasteiger partial charge < -0.3 is 4.74 Å². The highest BCUT2D eigenvalue weighted by Gasteiger charge is 2.11. The molecule has 0 saturated heterocycles. The van der Waals surface area contributed by atoms with Gasteiger partial charge in [-0.2, -0.15) is 11.8 Å². The average Bonchev–Trinajstić information content (AvgIpc) is 2.29. The van der Waals surface area contributed by atoms with Crippen molar-refractivity contribution in [2.45, 2.75) is 25.2 Å². The number of rotatable bonds is 7. The van der Waals surface area contributed by atoms with Gasteiger partial charge in [0.15, 0.2) is 0 Å². The first-order valence-corrected chi connectivity index (χ1v) is 9.17. The SMILES string of the molecule is CCSCCCOc1ccc(S(=O)(=O)Cl)cc1C. The normalized spacial score (nSPS) is 11.5. The average molecular weight is 309 g/mol. The first kappa shape index (κ1) is 15.7. The van der Waals surface area contributed by atoms with E-state index in [0.29, 0.717) is 12.4 Å². The molecule has 0 N–H and O–H groups in total. The van der Waals surface area contributed by atoms with Crippen molar-refractivity contribution in [3.05, 3.63) is 23.8 Å². The van der Waals surface area contributed by atoms with Gasteiger partial charge in [-0.1, -0.05) is 6.92 Å². The molecule has 0 radical (unpaired) electrons. The number of hydrogen-bond acceptors (Lipinski definition) is 4. The van der Waals surface area contributed by atoms with E-state index in [9.17, 15) is 8.42 Å². The lowest BCUT2D eigenvalue weighted by atomic mass is 10.2. The maximum absolute atomic E-state index is 11.2. The zero-order valence-electron chi connectivity index (χ0n) is 10.5. The first-order chi connectivity index (χ1) is 8.45. The van der Waals surface area contributed by atoms with E-state index in [1.807, 2.05) is 18.7 Å². The number of thioether (sulfide) groups is 1. The van der Waals surface area contributed by atoms with Crippen LogP contribution >= 0.6 is 22.4 Å². The molecule has 18 heavy (non-hydrogen) atoms. The molecule has 1 rings (SSSR count). The van der Waals surface area contributed by atoms with Crippen LogP contribution in [-0.4, -0.2) is 26.5 Å². The number of hydrogen-bond donors (Lipinski definition) is 0. The summed E-state index contributed by atoms with van der Waals surface area (Å²) in [5, 5.41) is 0. The summed E-state index contributed by atoms with van der Waals surface area (Å²) >= 11 is 1.88. The molecule has 0 fully saturated rings. The van der Waals surface area contributed by atoms with Crippen molar-refractivity contribution in [2.75, 3.05) is 18.1 Å². The van der Waals surface area contributed by atoms with Crippen molar-refractivity contribution in [1.82, 2.24) is 0 Å². The summed E-state index contributed by atoms with van der Waals surface area (Å²) in [6, 6.07) is 4.64. The Hall–Kier alpha value is -0.390. The lowest BCUT2D eigenvalue weighted by molar-refractivity contribution is 0.316. The fourth-order valence-corrected chi connectivity index (χ4v) is 2.87. The minimum absolute atomic E-state index is 0.107. The summed E-state index contributed by atoms with van der Waals surface area (Å²) in [4.78, 5) is 0.107. The topological polar surface area (TPSA) is 43.4 Å². The van der Waals surface area contributed by atoms with Crippen LogP contribution in [0, 0.1) is 6.92 Å². The van der Waals surface area contributed by atoms with Crippen LogP contribution in [0.2, 0.25) is 0 Å². The van der Waals surface area contributed by atoms with Crippen molar-refractivity contribution in [2.24, 2.45) is 0 Å². The molecule has 0 unspecified atom stereocenters. The second-order valence-electron chi connectivity index (χ2n) is 3.76. The first-order valence-electron chi connectivity index (χ1n) is 5.71. The van der Waals surface area contributed by atoms with Gasteiger partial charge in [-0.3, -0.25) is 0 Å². The molecule has 102 valence electrons. The van der Waals surface area contributed by atoms with Gasteiger partial charge in [0.25, 0.3) is 9.05 Å². The second-order valence-corrected chi connectivity index (χ2v) is 7.72. The highest BCUT2D eigenvalue weighted by atomic mass is 35.7. The van der Waals surface area contributed by atoms with Crippen LogP contribution in [0.15, 0.2) is 23.1 Å². The van der Waals surface area contributed by atoms with Crippen molar-refractivity contribution in [3.63, 3.8) is 0 Å². The van der Waals surface area contributed by atoms with E-state index in [0.717, 1.165) is 23.5 Å². The Morgan fingerprint density at radius 1 is 1.39 bits per heavy atom. The number of benzene rings is 1. The number of halogens is 1. The van der Waals surface area contributed by atoms with E-state index in [1.165, 1.54) is 12.1 Å². The predicted octanol–water partition coefficient (Wildman–Crippen LogP) is 3.44. The Bertz CT molecular complexity index is 486. The minimum Gasteiger partial charge on any atom is -0.493 e. The van der Waals surface area contributed by atoms with E-state index in [1.54, 1.807) is 6.07 Å². The Labute approximate surface area is 117 Å². The van der Waals surface area contributed by atoms with Crippen LogP contribution in [0.1, 0.15) is 18.9 Å². The fraction of sp³-hybridized carbons (Fsp3) is 0.500. The van der Waals surface area contributed by atoms with E-state index >= 15 is 0 Å². The summed E-state index contributed by atoms with van der Waals surface area (Å²) in [6.07, 6.45) is 0.980. The van der Waals surface area contributed by atoms with Crippen LogP contribution in [0.5, 0.6) is 5.75 Å². The molecule has 0 aliphatic carbocycles. The summed E-state index contributed by atoms with van der Waals surface area (Å²) in [6.45, 7) is 4.57. The highest BCUT2D eigenvalue weighted by molar-refractivity contribution is 8.13. The van der Waals surface area contributed by atoms with Gasteiger partial charge in [-0.05, 0) is 48.6 Å². The zero-order chi connectivity index (χ0) is 13.6. The third kappa shape index (κ3) is 5.08. The van der Waals surface area contributed by atoms with Gasteiger partial charge >= 0.3 is 0 Å². The third-order valence-electron chi connectivity index (χ3n) is 2.32. The summed E-state index contributed by atoms with van der Waals surface area (Å²) in [5.41, 5.74) is 0.778. The molecule has 0 atom stereocenters. The van der Waals surface area contributed by atoms with Crippen molar-refractivity contribution in [3.8, 4) is 5.75 Å². The molecule has 1 aromatic rings. The highest BCUT2D eigenvalue weighted by Crippen LogP contribution is 2.24. The molecule has 0 aliphatic rings. The lowest BCUT2D eigenvalue weighted by Crippen LogP contribution is -2.01. The summed E-state index contributed by atoms with van der Waals surface area (Å²) < 4.78 is 27.9. The Balaban J connectivity index is 2.58. The monoisotopic (exact) mass is 308 g/mol. The summed E-state index contributed by atoms with van der Waals surface area (Å²) in [7, 11) is 1.61. The van der Waals surface area contributed by atoms with Gasteiger partial charge in [0, 0.05) is 10.7 Å². The molecule has 0 aliphatic heterocycles. The lowest BCUT2D eigenvalue weighted by Gasteiger charge is -2.09. The standard InChI is InChI=1S/C12H17ClO3S2/c1-3-17-8-4-7-16-12-6-5-11(9-10(12)2)18(13,14)15/h5-6,9H,3-4,7-8H2,1-2H3. The zero-order valence-corrected chi connectivity index (χ0v) is 12.9. The Kier molecular flexibility index (Phi) is 6.32. The molecule has 1 aromatic carbocycles. The van der Waals surface area contributed by atoms with Crippen molar-refractivity contribution >= 4 is 31.5 Å². The maximum Gasteiger partial charge on any atom is 0.261 e. The molecule has 6 heteroatoms. The van der Waals surface area contributed by atoms with Crippen LogP contribution in [0.4, 0.5) is 0 Å². The van der Waals surface area contributed by atoms with Gasteiger partial charge in [-0.15, -0.1) is 0 Å². The number of ether oxygens (including phenoxy) is 1. The van der Waals surface area contributed by atoms with E-state index in [-0.39, 0.29) is 4.90 Å². The molecule has 3 nitrogen and oxygen atoms in total. The Morgan fingerprint density at radius 3 is 2.67 bits per heavy atom. The van der Waals surface area contributed by atoms with Gasteiger partial charge in [-0.25, -0.2) is 8.42 Å². The van der Waals surface area contributed by atoms with Crippen molar-refractivity contribution < 1.29 is 13.2 Å². The van der Waals surface area contributed by atoms with Crippen molar-refractivity contribution in [1.29, 1.82) is 0 Å². The molecular weight excluding hydrogens is 292 g/mol. The van der Waals surface area contributed by atoms with E-state index in [4.69, 9.17) is 15.4 Å². The van der Waals surface area contributed by atoms with Gasteiger partial charge in [0.1, 0.15) is 5.75 Å². The third-order valence-corrected chi connectivity index (χ3v) is 4.66. The molecule has 0 aromatic heterocycles. The van der Waals surface area contributed by atoms with Crippen LogP contribution < -0.4 is 4.74 Å². The smallest absolute Gasteiger partial charge is 0.261 e. The molecule has 0 bridgehead atoms. The predicted molar refractivity (Wildman–Crippen MR) is 77.3 cm³/mol. The molecule has 0 saturated carbocycles. The largest absolute Gasteiger partial charge is 0.493 e. The minimum atomic E-state index is -3.66.